The van der Waals surface area contributed by atoms with E-state index < -0.39 is 0 Å². The van der Waals surface area contributed by atoms with Gasteiger partial charge in [-0.3, -0.25) is 4.79 Å². The lowest BCUT2D eigenvalue weighted by Crippen LogP contribution is -2.42. The SMILES string of the molecule is Cc1cn(C)c([C@@H]2CN(C(=O)c3ccc(CN(C)C)cc3)CCO2)n1. The van der Waals surface area contributed by atoms with Crippen molar-refractivity contribution in [2.75, 3.05) is 33.8 Å². The zero-order valence-electron chi connectivity index (χ0n) is 15.4. The normalized spacial score (nSPS) is 18.0. The summed E-state index contributed by atoms with van der Waals surface area (Å²) in [6.45, 7) is 4.50. The van der Waals surface area contributed by atoms with E-state index in [0.717, 1.165) is 23.6 Å². The fourth-order valence-electron chi connectivity index (χ4n) is 3.22. The van der Waals surface area contributed by atoms with Crippen molar-refractivity contribution in [2.45, 2.75) is 19.6 Å². The van der Waals surface area contributed by atoms with Crippen LogP contribution >= 0.6 is 0 Å². The van der Waals surface area contributed by atoms with Gasteiger partial charge in [-0.2, -0.15) is 0 Å². The van der Waals surface area contributed by atoms with Crippen LogP contribution in [0.4, 0.5) is 0 Å². The number of aryl methyl sites for hydroxylation is 2. The van der Waals surface area contributed by atoms with Crippen molar-refractivity contribution >= 4 is 5.91 Å². The van der Waals surface area contributed by atoms with Crippen molar-refractivity contribution in [2.24, 2.45) is 7.05 Å². The van der Waals surface area contributed by atoms with Crippen molar-refractivity contribution < 1.29 is 9.53 Å². The molecular formula is C19H26N4O2. The highest BCUT2D eigenvalue weighted by Gasteiger charge is 2.28. The van der Waals surface area contributed by atoms with E-state index in [9.17, 15) is 4.79 Å². The number of hydrogen-bond donors (Lipinski definition) is 0. The van der Waals surface area contributed by atoms with Crippen LogP contribution < -0.4 is 0 Å². The Morgan fingerprint density at radius 2 is 2.04 bits per heavy atom. The van der Waals surface area contributed by atoms with Crippen molar-refractivity contribution in [1.82, 2.24) is 19.4 Å². The molecule has 1 aromatic carbocycles. The van der Waals surface area contributed by atoms with Gasteiger partial charge in [0.15, 0.2) is 0 Å². The largest absolute Gasteiger partial charge is 0.367 e. The second kappa shape index (κ2) is 7.37. The molecule has 1 atom stereocenters. The summed E-state index contributed by atoms with van der Waals surface area (Å²) in [5.41, 5.74) is 2.88. The number of nitrogens with zero attached hydrogens (tertiary/aromatic N) is 4. The second-order valence-electron chi connectivity index (χ2n) is 6.90. The van der Waals surface area contributed by atoms with Gasteiger partial charge in [0.25, 0.3) is 5.91 Å². The van der Waals surface area contributed by atoms with Gasteiger partial charge >= 0.3 is 0 Å². The average Bonchev–Trinajstić information content (AvgIpc) is 2.93. The zero-order valence-corrected chi connectivity index (χ0v) is 15.4. The third-order valence-electron chi connectivity index (χ3n) is 4.37. The molecule has 0 saturated carbocycles. The number of amides is 1. The zero-order chi connectivity index (χ0) is 18.0. The Morgan fingerprint density at radius 1 is 1.32 bits per heavy atom. The number of carbonyl (C=O) groups excluding carboxylic acids is 1. The van der Waals surface area contributed by atoms with Crippen molar-refractivity contribution in [1.29, 1.82) is 0 Å². The number of hydrogen-bond acceptors (Lipinski definition) is 4. The topological polar surface area (TPSA) is 50.6 Å². The lowest BCUT2D eigenvalue weighted by molar-refractivity contribution is -0.0279. The lowest BCUT2D eigenvalue weighted by atomic mass is 10.1. The molecule has 1 aliphatic rings. The van der Waals surface area contributed by atoms with Crippen LogP contribution in [0.15, 0.2) is 30.5 Å². The Labute approximate surface area is 149 Å². The van der Waals surface area contributed by atoms with Gasteiger partial charge in [-0.1, -0.05) is 12.1 Å². The highest BCUT2D eigenvalue weighted by atomic mass is 16.5. The van der Waals surface area contributed by atoms with Crippen molar-refractivity contribution in [3.05, 3.63) is 53.1 Å². The van der Waals surface area contributed by atoms with Crippen molar-refractivity contribution in [3.63, 3.8) is 0 Å². The summed E-state index contributed by atoms with van der Waals surface area (Å²) in [6.07, 6.45) is 1.80. The second-order valence-corrected chi connectivity index (χ2v) is 6.90. The Hall–Kier alpha value is -2.18. The maximum absolute atomic E-state index is 12.8. The minimum atomic E-state index is -0.176. The molecule has 1 aromatic heterocycles. The van der Waals surface area contributed by atoms with E-state index in [2.05, 4.69) is 9.88 Å². The molecule has 0 bridgehead atoms. The predicted octanol–water partition coefficient (Wildman–Crippen LogP) is 2.00. The quantitative estimate of drug-likeness (QED) is 0.853. The van der Waals surface area contributed by atoms with E-state index in [1.54, 1.807) is 0 Å². The minimum absolute atomic E-state index is 0.0515. The van der Waals surface area contributed by atoms with E-state index in [1.807, 2.05) is 68.0 Å². The van der Waals surface area contributed by atoms with Crippen LogP contribution in [-0.2, 0) is 18.3 Å². The number of imidazole rings is 1. The number of carbonyl (C=O) groups is 1. The molecule has 3 rings (SSSR count). The van der Waals surface area contributed by atoms with Gasteiger partial charge in [0.1, 0.15) is 11.9 Å². The number of benzene rings is 1. The Balaban J connectivity index is 1.70. The van der Waals surface area contributed by atoms with Gasteiger partial charge in [-0.15, -0.1) is 0 Å². The van der Waals surface area contributed by atoms with Crippen LogP contribution in [0, 0.1) is 6.92 Å². The van der Waals surface area contributed by atoms with E-state index in [0.29, 0.717) is 19.7 Å². The molecule has 6 heteroatoms. The lowest BCUT2D eigenvalue weighted by Gasteiger charge is -2.32. The summed E-state index contributed by atoms with van der Waals surface area (Å²) >= 11 is 0. The number of morpholine rings is 1. The van der Waals surface area contributed by atoms with E-state index in [4.69, 9.17) is 4.74 Å². The summed E-state index contributed by atoms with van der Waals surface area (Å²) in [5.74, 6) is 0.923. The summed E-state index contributed by atoms with van der Waals surface area (Å²) in [6, 6.07) is 7.87. The van der Waals surface area contributed by atoms with Crippen LogP contribution in [0.2, 0.25) is 0 Å². The highest BCUT2D eigenvalue weighted by Crippen LogP contribution is 2.22. The molecule has 2 aromatic rings. The molecular weight excluding hydrogens is 316 g/mol. The molecule has 25 heavy (non-hydrogen) atoms. The first-order valence-electron chi connectivity index (χ1n) is 8.58. The summed E-state index contributed by atoms with van der Waals surface area (Å²) in [4.78, 5) is 21.3. The van der Waals surface area contributed by atoms with Crippen molar-refractivity contribution in [3.8, 4) is 0 Å². The average molecular weight is 342 g/mol. The van der Waals surface area contributed by atoms with Gasteiger partial charge in [0.05, 0.1) is 18.8 Å². The molecule has 134 valence electrons. The Kier molecular flexibility index (Phi) is 5.20. The molecule has 0 N–H and O–H groups in total. The molecule has 2 heterocycles. The highest BCUT2D eigenvalue weighted by molar-refractivity contribution is 5.94. The summed E-state index contributed by atoms with van der Waals surface area (Å²) in [7, 11) is 6.03. The number of aromatic nitrogens is 2. The monoisotopic (exact) mass is 342 g/mol. The van der Waals surface area contributed by atoms with E-state index >= 15 is 0 Å². The molecule has 0 spiro atoms. The third kappa shape index (κ3) is 4.08. The summed E-state index contributed by atoms with van der Waals surface area (Å²) in [5, 5.41) is 0. The smallest absolute Gasteiger partial charge is 0.254 e. The van der Waals surface area contributed by atoms with Gasteiger partial charge in [-0.05, 0) is 38.7 Å². The molecule has 0 aliphatic carbocycles. The molecule has 1 amide bonds. The fraction of sp³-hybridized carbons (Fsp3) is 0.474. The fourth-order valence-corrected chi connectivity index (χ4v) is 3.22. The predicted molar refractivity (Wildman–Crippen MR) is 96.4 cm³/mol. The van der Waals surface area contributed by atoms with Gasteiger partial charge in [-0.25, -0.2) is 4.98 Å². The maximum atomic E-state index is 12.8. The third-order valence-corrected chi connectivity index (χ3v) is 4.37. The summed E-state index contributed by atoms with van der Waals surface area (Å²) < 4.78 is 7.83. The van der Waals surface area contributed by atoms with Gasteiger partial charge in [0.2, 0.25) is 0 Å². The molecule has 6 nitrogen and oxygen atoms in total. The van der Waals surface area contributed by atoms with E-state index in [-0.39, 0.29) is 12.0 Å². The first-order chi connectivity index (χ1) is 11.9. The Morgan fingerprint density at radius 3 is 2.64 bits per heavy atom. The minimum Gasteiger partial charge on any atom is -0.367 e. The van der Waals surface area contributed by atoms with Crippen LogP contribution in [0.5, 0.6) is 0 Å². The first kappa shape index (κ1) is 17.6. The van der Waals surface area contributed by atoms with Gasteiger partial charge < -0.3 is 19.1 Å². The van der Waals surface area contributed by atoms with Crippen LogP contribution in [0.3, 0.4) is 0 Å². The first-order valence-corrected chi connectivity index (χ1v) is 8.58. The van der Waals surface area contributed by atoms with Crippen LogP contribution in [0.1, 0.15) is 33.5 Å². The Bertz CT molecular complexity index is 736. The molecule has 0 radical (unpaired) electrons. The number of ether oxygens (including phenoxy) is 1. The number of rotatable bonds is 4. The molecule has 1 fully saturated rings. The maximum Gasteiger partial charge on any atom is 0.254 e. The van der Waals surface area contributed by atoms with Crippen LogP contribution in [-0.4, -0.2) is 59.0 Å². The standard InChI is InChI=1S/C19H26N4O2/c1-14-11-22(4)18(20-14)17-13-23(9-10-25-17)19(24)16-7-5-15(6-8-16)12-21(2)3/h5-8,11,17H,9-10,12-13H2,1-4H3/t17-/m0/s1. The van der Waals surface area contributed by atoms with Crippen LogP contribution in [0.25, 0.3) is 0 Å². The molecule has 1 aliphatic heterocycles. The molecule has 1 saturated heterocycles. The van der Waals surface area contributed by atoms with E-state index in [1.165, 1.54) is 5.56 Å². The van der Waals surface area contributed by atoms with Gasteiger partial charge in [0, 0.05) is 31.9 Å². The molecule has 0 unspecified atom stereocenters.